The van der Waals surface area contributed by atoms with Crippen molar-refractivity contribution < 1.29 is 35.0 Å². The fourth-order valence-electron chi connectivity index (χ4n) is 0.737. The van der Waals surface area contributed by atoms with Crippen molar-refractivity contribution in [2.75, 3.05) is 0 Å². The van der Waals surface area contributed by atoms with Crippen LogP contribution in [0.4, 0.5) is 0 Å². The molecule has 0 saturated heterocycles. The molecular weight excluding hydrogens is 292 g/mol. The van der Waals surface area contributed by atoms with Crippen molar-refractivity contribution >= 4 is 20.8 Å². The van der Waals surface area contributed by atoms with Gasteiger partial charge < -0.3 is 4.57 Å². The van der Waals surface area contributed by atoms with E-state index in [1.807, 2.05) is 24.0 Å². The van der Waals surface area contributed by atoms with E-state index in [4.69, 9.17) is 35.0 Å². The largest absolute Gasteiger partial charge is 0.394 e. The maximum atomic E-state index is 8.74. The highest BCUT2D eigenvalue weighted by atomic mass is 32.3. The lowest BCUT2D eigenvalue weighted by Crippen LogP contribution is -1.92. The molecule has 1 heterocycles. The summed E-state index contributed by atoms with van der Waals surface area (Å²) in [5.41, 5.74) is 0. The number of aromatic nitrogens is 2. The number of hydrogen-bond donors (Lipinski definition) is 4. The molecule has 4 N–H and O–H groups in total. The van der Waals surface area contributed by atoms with Crippen molar-refractivity contribution in [3.8, 4) is 0 Å². The van der Waals surface area contributed by atoms with Crippen molar-refractivity contribution in [3.63, 3.8) is 0 Å². The number of hydrogen-bond acceptors (Lipinski definition) is 5. The molecule has 0 aliphatic carbocycles. The first-order chi connectivity index (χ1) is 7.84. The van der Waals surface area contributed by atoms with E-state index in [0.29, 0.717) is 0 Å². The van der Waals surface area contributed by atoms with Gasteiger partial charge in [-0.2, -0.15) is 16.8 Å². The van der Waals surface area contributed by atoms with Gasteiger partial charge in [-0.25, -0.2) is 4.98 Å². The highest BCUT2D eigenvalue weighted by Crippen LogP contribution is 1.92. The van der Waals surface area contributed by atoms with Crippen molar-refractivity contribution in [1.29, 1.82) is 0 Å². The van der Waals surface area contributed by atoms with Gasteiger partial charge in [0.25, 0.3) is 0 Å². The Morgan fingerprint density at radius 3 is 1.56 bits per heavy atom. The molecule has 0 saturated carbocycles. The Morgan fingerprint density at radius 1 is 1.11 bits per heavy atom. The molecule has 1 aromatic heterocycles. The van der Waals surface area contributed by atoms with Gasteiger partial charge in [0.15, 0.2) is 0 Å². The summed E-state index contributed by atoms with van der Waals surface area (Å²) >= 11 is 0. The van der Waals surface area contributed by atoms with Gasteiger partial charge in [-0.3, -0.25) is 18.2 Å². The summed E-state index contributed by atoms with van der Waals surface area (Å²) in [5.74, 6) is 1.14. The molecule has 18 heavy (non-hydrogen) atoms. The third-order valence-corrected chi connectivity index (χ3v) is 1.24. The molecule has 1 aromatic rings. The number of nitrogens with zero attached hydrogens (tertiary/aromatic N) is 2. The summed E-state index contributed by atoms with van der Waals surface area (Å²) in [4.78, 5) is 4.10. The summed E-state index contributed by atoms with van der Waals surface area (Å²) in [6, 6.07) is 0. The molecule has 0 amide bonds. The number of rotatable bonds is 1. The number of aryl methyl sites for hydroxylation is 2. The predicted molar refractivity (Wildman–Crippen MR) is 60.9 cm³/mol. The summed E-state index contributed by atoms with van der Waals surface area (Å²) in [5, 5.41) is 0. The zero-order chi connectivity index (χ0) is 15.0. The lowest BCUT2D eigenvalue weighted by molar-refractivity contribution is 0.378. The Balaban J connectivity index is 0. The first-order valence-corrected chi connectivity index (χ1v) is 7.00. The second-order valence-electron chi connectivity index (χ2n) is 2.70. The smallest absolute Gasteiger partial charge is 0.338 e. The van der Waals surface area contributed by atoms with Gasteiger partial charge in [-0.05, 0) is 0 Å². The summed E-state index contributed by atoms with van der Waals surface area (Å²) < 4.78 is 65.2. The number of imidazole rings is 1. The normalized spacial score (nSPS) is 10.8. The van der Waals surface area contributed by atoms with E-state index in [2.05, 4.69) is 11.9 Å². The van der Waals surface area contributed by atoms with E-state index >= 15 is 0 Å². The van der Waals surface area contributed by atoms with Gasteiger partial charge in [0, 0.05) is 25.9 Å². The molecule has 0 atom stereocenters. The molecule has 0 aliphatic rings. The minimum absolute atomic E-state index is 1.02. The van der Waals surface area contributed by atoms with E-state index in [0.717, 1.165) is 12.2 Å². The first kappa shape index (κ1) is 19.3. The van der Waals surface area contributed by atoms with Crippen LogP contribution in [0.3, 0.4) is 0 Å². The standard InChI is InChI=1S/C6H10N2.2H2O4S/c1-3-6-7-4-5-8(6)2;2*1-5(2,3)4/h4-5H,3H2,1-2H3;2*(H2,1,2,3,4). The Hall–Kier alpha value is -1.05. The molecule has 10 nitrogen and oxygen atoms in total. The van der Waals surface area contributed by atoms with E-state index in [1.54, 1.807) is 0 Å². The van der Waals surface area contributed by atoms with Crippen LogP contribution in [0, 0.1) is 0 Å². The van der Waals surface area contributed by atoms with Crippen LogP contribution < -0.4 is 0 Å². The van der Waals surface area contributed by atoms with Crippen molar-refractivity contribution in [3.05, 3.63) is 18.2 Å². The summed E-state index contributed by atoms with van der Waals surface area (Å²) in [7, 11) is -7.33. The second-order valence-corrected chi connectivity index (χ2v) is 4.49. The lowest BCUT2D eigenvalue weighted by Gasteiger charge is -1.92. The minimum atomic E-state index is -4.67. The molecule has 0 radical (unpaired) electrons. The molecule has 0 aliphatic heterocycles. The molecule has 0 unspecified atom stereocenters. The van der Waals surface area contributed by atoms with Crippen LogP contribution in [-0.2, 0) is 34.3 Å². The first-order valence-electron chi connectivity index (χ1n) is 4.20. The van der Waals surface area contributed by atoms with Crippen LogP contribution in [0.25, 0.3) is 0 Å². The molecule has 108 valence electrons. The lowest BCUT2D eigenvalue weighted by atomic mass is 10.5. The quantitative estimate of drug-likeness (QED) is 0.508. The average Bonchev–Trinajstić information content (AvgIpc) is 2.44. The van der Waals surface area contributed by atoms with Crippen molar-refractivity contribution in [2.45, 2.75) is 13.3 Å². The topological polar surface area (TPSA) is 167 Å². The van der Waals surface area contributed by atoms with Gasteiger partial charge >= 0.3 is 20.8 Å². The monoisotopic (exact) mass is 306 g/mol. The Morgan fingerprint density at radius 2 is 1.44 bits per heavy atom. The van der Waals surface area contributed by atoms with Crippen LogP contribution >= 0.6 is 0 Å². The Bertz CT molecular complexity index is 486. The average molecular weight is 306 g/mol. The minimum Gasteiger partial charge on any atom is -0.338 e. The third kappa shape index (κ3) is 24.3. The summed E-state index contributed by atoms with van der Waals surface area (Å²) in [6.07, 6.45) is 4.79. The van der Waals surface area contributed by atoms with Gasteiger partial charge in [0.2, 0.25) is 0 Å². The maximum absolute atomic E-state index is 8.74. The Kier molecular flexibility index (Phi) is 8.71. The van der Waals surface area contributed by atoms with Gasteiger partial charge in [-0.15, -0.1) is 0 Å². The molecule has 0 aromatic carbocycles. The SMILES string of the molecule is CCc1nccn1C.O=S(=O)(O)O.O=S(=O)(O)O. The zero-order valence-corrected chi connectivity index (χ0v) is 11.1. The highest BCUT2D eigenvalue weighted by Gasteiger charge is 1.90. The molecule has 0 bridgehead atoms. The molecule has 0 fully saturated rings. The molecule has 1 rings (SSSR count). The van der Waals surface area contributed by atoms with E-state index in [9.17, 15) is 0 Å². The fourth-order valence-corrected chi connectivity index (χ4v) is 0.737. The van der Waals surface area contributed by atoms with Crippen LogP contribution in [0.15, 0.2) is 12.4 Å². The third-order valence-electron chi connectivity index (χ3n) is 1.24. The van der Waals surface area contributed by atoms with Crippen LogP contribution in [-0.4, -0.2) is 44.6 Å². The van der Waals surface area contributed by atoms with Crippen molar-refractivity contribution in [2.24, 2.45) is 7.05 Å². The van der Waals surface area contributed by atoms with Crippen LogP contribution in [0.5, 0.6) is 0 Å². The molecular formula is C6H14N2O8S2. The highest BCUT2D eigenvalue weighted by molar-refractivity contribution is 7.80. The van der Waals surface area contributed by atoms with E-state index in [1.165, 1.54) is 0 Å². The van der Waals surface area contributed by atoms with Gasteiger partial charge in [-0.1, -0.05) is 6.92 Å². The Labute approximate surface area is 104 Å². The van der Waals surface area contributed by atoms with Gasteiger partial charge in [0.1, 0.15) is 5.82 Å². The summed E-state index contributed by atoms with van der Waals surface area (Å²) in [6.45, 7) is 2.10. The van der Waals surface area contributed by atoms with E-state index in [-0.39, 0.29) is 0 Å². The maximum Gasteiger partial charge on any atom is 0.394 e. The molecule has 0 spiro atoms. The fraction of sp³-hybridized carbons (Fsp3) is 0.500. The van der Waals surface area contributed by atoms with Crippen molar-refractivity contribution in [1.82, 2.24) is 9.55 Å². The molecule has 12 heteroatoms. The zero-order valence-electron chi connectivity index (χ0n) is 9.49. The second kappa shape index (κ2) is 8.12. The predicted octanol–water partition coefficient (Wildman–Crippen LogP) is -0.323. The van der Waals surface area contributed by atoms with Crippen LogP contribution in [0.2, 0.25) is 0 Å². The van der Waals surface area contributed by atoms with E-state index < -0.39 is 20.8 Å². The van der Waals surface area contributed by atoms with Gasteiger partial charge in [0.05, 0.1) is 0 Å². The van der Waals surface area contributed by atoms with Crippen LogP contribution in [0.1, 0.15) is 12.7 Å².